The van der Waals surface area contributed by atoms with Crippen LogP contribution < -0.4 is 5.32 Å². The third-order valence-electron chi connectivity index (χ3n) is 2.75. The average Bonchev–Trinajstić information content (AvgIpc) is 2.79. The fourth-order valence-corrected chi connectivity index (χ4v) is 1.91. The van der Waals surface area contributed by atoms with Crippen LogP contribution in [0.3, 0.4) is 0 Å². The molecule has 0 saturated heterocycles. The molecule has 19 heavy (non-hydrogen) atoms. The molecule has 0 saturated carbocycles. The van der Waals surface area contributed by atoms with Gasteiger partial charge in [0, 0.05) is 17.1 Å². The van der Waals surface area contributed by atoms with Crippen LogP contribution in [-0.4, -0.2) is 28.1 Å². The first-order chi connectivity index (χ1) is 9.13. The third kappa shape index (κ3) is 2.58. The highest BCUT2D eigenvalue weighted by Crippen LogP contribution is 2.20. The van der Waals surface area contributed by atoms with Crippen LogP contribution in [0.1, 0.15) is 10.4 Å². The third-order valence-corrected chi connectivity index (χ3v) is 2.75. The van der Waals surface area contributed by atoms with E-state index in [0.29, 0.717) is 10.9 Å². The Morgan fingerprint density at radius 1 is 1.37 bits per heavy atom. The van der Waals surface area contributed by atoms with Crippen molar-refractivity contribution in [3.63, 3.8) is 0 Å². The van der Waals surface area contributed by atoms with E-state index in [1.165, 1.54) is 6.07 Å². The Hall–Kier alpha value is -2.74. The van der Waals surface area contributed by atoms with Gasteiger partial charge >= 0.3 is 5.97 Å². The summed E-state index contributed by atoms with van der Waals surface area (Å²) >= 11 is 0. The maximum Gasteiger partial charge on any atom is 0.336 e. The number of hydrogen-bond acceptors (Lipinski definition) is 2. The second kappa shape index (κ2) is 5.27. The van der Waals surface area contributed by atoms with Crippen LogP contribution >= 0.6 is 0 Å². The highest BCUT2D eigenvalue weighted by molar-refractivity contribution is 6.03. The minimum absolute atomic E-state index is 0.105. The van der Waals surface area contributed by atoms with E-state index < -0.39 is 5.97 Å². The van der Waals surface area contributed by atoms with E-state index in [1.807, 2.05) is 0 Å². The SMILES string of the molecule is C#CCNC(=O)Cn1ccc2c(C(=O)O)cccc21. The number of carbonyl (C=O) groups is 2. The first kappa shape index (κ1) is 12.7. The lowest BCUT2D eigenvalue weighted by molar-refractivity contribution is -0.121. The molecule has 0 fully saturated rings. The van der Waals surface area contributed by atoms with Crippen molar-refractivity contribution < 1.29 is 14.7 Å². The maximum atomic E-state index is 11.6. The highest BCUT2D eigenvalue weighted by Gasteiger charge is 2.11. The number of aromatic nitrogens is 1. The van der Waals surface area contributed by atoms with E-state index in [2.05, 4.69) is 11.2 Å². The molecular formula is C14H12N2O3. The van der Waals surface area contributed by atoms with E-state index in [1.54, 1.807) is 29.0 Å². The molecule has 0 aliphatic heterocycles. The van der Waals surface area contributed by atoms with Gasteiger partial charge in [0.15, 0.2) is 0 Å². The smallest absolute Gasteiger partial charge is 0.336 e. The molecule has 0 radical (unpaired) electrons. The molecule has 0 spiro atoms. The number of hydrogen-bond donors (Lipinski definition) is 2. The molecule has 2 aromatic rings. The first-order valence-corrected chi connectivity index (χ1v) is 5.65. The number of carbonyl (C=O) groups excluding carboxylic acids is 1. The van der Waals surface area contributed by atoms with Crippen molar-refractivity contribution >= 4 is 22.8 Å². The first-order valence-electron chi connectivity index (χ1n) is 5.65. The molecule has 1 heterocycles. The number of terminal acetylenes is 1. The normalized spacial score (nSPS) is 10.1. The van der Waals surface area contributed by atoms with Gasteiger partial charge < -0.3 is 15.0 Å². The van der Waals surface area contributed by atoms with Crippen molar-refractivity contribution in [3.8, 4) is 12.3 Å². The second-order valence-corrected chi connectivity index (χ2v) is 3.97. The fourth-order valence-electron chi connectivity index (χ4n) is 1.91. The van der Waals surface area contributed by atoms with Gasteiger partial charge in [0.25, 0.3) is 0 Å². The highest BCUT2D eigenvalue weighted by atomic mass is 16.4. The van der Waals surface area contributed by atoms with Crippen molar-refractivity contribution in [2.45, 2.75) is 6.54 Å². The summed E-state index contributed by atoms with van der Waals surface area (Å²) in [7, 11) is 0. The van der Waals surface area contributed by atoms with Gasteiger partial charge in [0.1, 0.15) is 6.54 Å². The van der Waals surface area contributed by atoms with E-state index in [4.69, 9.17) is 11.5 Å². The van der Waals surface area contributed by atoms with Gasteiger partial charge in [0.2, 0.25) is 5.91 Å². The topological polar surface area (TPSA) is 71.3 Å². The Kier molecular flexibility index (Phi) is 3.53. The Labute approximate surface area is 109 Å². The number of aromatic carboxylic acids is 1. The van der Waals surface area contributed by atoms with Crippen LogP contribution in [0.25, 0.3) is 10.9 Å². The zero-order valence-corrected chi connectivity index (χ0v) is 10.1. The predicted molar refractivity (Wildman–Crippen MR) is 70.7 cm³/mol. The molecule has 0 bridgehead atoms. The standard InChI is InChI=1S/C14H12N2O3/c1-2-7-15-13(17)9-16-8-6-10-11(14(18)19)4-3-5-12(10)16/h1,3-6,8H,7,9H2,(H,15,17)(H,18,19). The zero-order chi connectivity index (χ0) is 13.8. The van der Waals surface area contributed by atoms with Crippen molar-refractivity contribution in [2.75, 3.05) is 6.54 Å². The Balaban J connectivity index is 2.31. The number of rotatable bonds is 4. The van der Waals surface area contributed by atoms with Crippen LogP contribution in [0, 0.1) is 12.3 Å². The van der Waals surface area contributed by atoms with Gasteiger partial charge in [-0.2, -0.15) is 0 Å². The number of fused-ring (bicyclic) bond motifs is 1. The van der Waals surface area contributed by atoms with Crippen LogP contribution in [0.15, 0.2) is 30.5 Å². The summed E-state index contributed by atoms with van der Waals surface area (Å²) in [6.07, 6.45) is 6.74. The fraction of sp³-hybridized carbons (Fsp3) is 0.143. The molecule has 96 valence electrons. The summed E-state index contributed by atoms with van der Waals surface area (Å²) in [6, 6.07) is 6.65. The van der Waals surface area contributed by atoms with Crippen molar-refractivity contribution in [2.24, 2.45) is 0 Å². The largest absolute Gasteiger partial charge is 0.478 e. The molecule has 5 heteroatoms. The van der Waals surface area contributed by atoms with Gasteiger partial charge in [0.05, 0.1) is 12.1 Å². The number of nitrogens with one attached hydrogen (secondary N) is 1. The van der Waals surface area contributed by atoms with E-state index in [0.717, 1.165) is 0 Å². The molecule has 1 aromatic heterocycles. The number of benzene rings is 1. The van der Waals surface area contributed by atoms with Crippen LogP contribution in [0.2, 0.25) is 0 Å². The van der Waals surface area contributed by atoms with Gasteiger partial charge in [-0.3, -0.25) is 4.79 Å². The number of carboxylic acids is 1. The molecule has 0 aliphatic carbocycles. The minimum Gasteiger partial charge on any atom is -0.478 e. The van der Waals surface area contributed by atoms with E-state index in [9.17, 15) is 9.59 Å². The van der Waals surface area contributed by atoms with Crippen LogP contribution in [-0.2, 0) is 11.3 Å². The van der Waals surface area contributed by atoms with E-state index in [-0.39, 0.29) is 24.6 Å². The Morgan fingerprint density at radius 3 is 2.84 bits per heavy atom. The molecule has 0 unspecified atom stereocenters. The molecule has 2 N–H and O–H groups in total. The lowest BCUT2D eigenvalue weighted by Gasteiger charge is -2.05. The summed E-state index contributed by atoms with van der Waals surface area (Å²) < 4.78 is 1.69. The molecule has 0 aliphatic rings. The molecule has 0 atom stereocenters. The Morgan fingerprint density at radius 2 is 2.16 bits per heavy atom. The van der Waals surface area contributed by atoms with Crippen molar-refractivity contribution in [1.29, 1.82) is 0 Å². The van der Waals surface area contributed by atoms with Crippen molar-refractivity contribution in [1.82, 2.24) is 9.88 Å². The number of nitrogens with zero attached hydrogens (tertiary/aromatic N) is 1. The minimum atomic E-state index is -0.986. The summed E-state index contributed by atoms with van der Waals surface area (Å²) in [4.78, 5) is 22.7. The lowest BCUT2D eigenvalue weighted by atomic mass is 10.1. The van der Waals surface area contributed by atoms with E-state index >= 15 is 0 Å². The number of carboxylic acid groups (broad SMARTS) is 1. The van der Waals surface area contributed by atoms with Crippen LogP contribution in [0.4, 0.5) is 0 Å². The molecule has 2 rings (SSSR count). The van der Waals surface area contributed by atoms with Crippen LogP contribution in [0.5, 0.6) is 0 Å². The summed E-state index contributed by atoms with van der Waals surface area (Å²) in [5.41, 5.74) is 0.927. The quantitative estimate of drug-likeness (QED) is 0.804. The summed E-state index contributed by atoms with van der Waals surface area (Å²) in [5, 5.41) is 12.3. The molecule has 1 amide bonds. The molecule has 1 aromatic carbocycles. The lowest BCUT2D eigenvalue weighted by Crippen LogP contribution is -2.27. The molecular weight excluding hydrogens is 244 g/mol. The summed E-state index contributed by atoms with van der Waals surface area (Å²) in [5.74, 6) is 1.12. The average molecular weight is 256 g/mol. The Bertz CT molecular complexity index is 680. The van der Waals surface area contributed by atoms with Gasteiger partial charge in [-0.05, 0) is 18.2 Å². The second-order valence-electron chi connectivity index (χ2n) is 3.97. The van der Waals surface area contributed by atoms with Gasteiger partial charge in [-0.1, -0.05) is 12.0 Å². The van der Waals surface area contributed by atoms with Gasteiger partial charge in [-0.25, -0.2) is 4.79 Å². The maximum absolute atomic E-state index is 11.6. The summed E-state index contributed by atoms with van der Waals surface area (Å²) in [6.45, 7) is 0.284. The van der Waals surface area contributed by atoms with Gasteiger partial charge in [-0.15, -0.1) is 6.42 Å². The monoisotopic (exact) mass is 256 g/mol. The predicted octanol–water partition coefficient (Wildman–Crippen LogP) is 1.09. The molecule has 5 nitrogen and oxygen atoms in total. The number of amides is 1. The van der Waals surface area contributed by atoms with Crippen molar-refractivity contribution in [3.05, 3.63) is 36.0 Å². The zero-order valence-electron chi connectivity index (χ0n) is 10.1.